The van der Waals surface area contributed by atoms with Gasteiger partial charge < -0.3 is 42.1 Å². The molecular weight excluding hydrogens is 432 g/mol. The third kappa shape index (κ3) is 10.7. The van der Waals surface area contributed by atoms with Gasteiger partial charge in [0.25, 0.3) is 0 Å². The molecule has 0 aliphatic heterocycles. The van der Waals surface area contributed by atoms with Gasteiger partial charge in [-0.25, -0.2) is 4.79 Å². The van der Waals surface area contributed by atoms with E-state index >= 15 is 0 Å². The number of hydrogen-bond donors (Lipinski definition) is 8. The highest BCUT2D eigenvalue weighted by Gasteiger charge is 2.32. The third-order valence-electron chi connectivity index (χ3n) is 4.30. The van der Waals surface area contributed by atoms with Crippen LogP contribution < -0.4 is 21.7 Å². The van der Waals surface area contributed by atoms with E-state index in [4.69, 9.17) is 21.1 Å². The summed E-state index contributed by atoms with van der Waals surface area (Å²) < 4.78 is 0. The number of aliphatic carboxylic acids is 3. The van der Waals surface area contributed by atoms with Gasteiger partial charge in [0.1, 0.15) is 18.1 Å². The molecule has 0 saturated heterocycles. The van der Waals surface area contributed by atoms with Crippen LogP contribution in [0.4, 0.5) is 0 Å². The Morgan fingerprint density at radius 3 is 1.75 bits per heavy atom. The lowest BCUT2D eigenvalue weighted by Crippen LogP contribution is -2.58. The molecule has 0 bridgehead atoms. The average molecular weight is 462 g/mol. The Morgan fingerprint density at radius 2 is 1.31 bits per heavy atom. The molecule has 0 aromatic heterocycles. The SMILES string of the molecule is CC(C)[C@H](NC(=O)[C@H](CC(=O)O)NC(=O)[C@H](CCO)NC(=O)[C@@H](N)CCC(=O)O)C(=O)O. The Morgan fingerprint density at radius 1 is 0.781 bits per heavy atom. The Hall–Kier alpha value is -3.26. The maximum atomic E-state index is 12.5. The number of carboxylic acid groups (broad SMARTS) is 3. The summed E-state index contributed by atoms with van der Waals surface area (Å²) in [4.78, 5) is 70.1. The van der Waals surface area contributed by atoms with Gasteiger partial charge in [-0.1, -0.05) is 13.8 Å². The number of aliphatic hydroxyl groups excluding tert-OH is 1. The van der Waals surface area contributed by atoms with Gasteiger partial charge in [0.15, 0.2) is 0 Å². The zero-order chi connectivity index (χ0) is 25.0. The van der Waals surface area contributed by atoms with E-state index in [0.717, 1.165) is 0 Å². The quantitative estimate of drug-likeness (QED) is 0.124. The zero-order valence-electron chi connectivity index (χ0n) is 17.7. The highest BCUT2D eigenvalue weighted by atomic mass is 16.4. The lowest BCUT2D eigenvalue weighted by molar-refractivity contribution is -0.144. The van der Waals surface area contributed by atoms with Crippen LogP contribution in [0.15, 0.2) is 0 Å². The predicted octanol–water partition coefficient (Wildman–Crippen LogP) is -2.77. The van der Waals surface area contributed by atoms with E-state index in [1.165, 1.54) is 13.8 Å². The topological polar surface area (TPSA) is 245 Å². The number of hydrogen-bond acceptors (Lipinski definition) is 8. The second-order valence-corrected chi connectivity index (χ2v) is 7.34. The molecule has 4 atom stereocenters. The fourth-order valence-electron chi connectivity index (χ4n) is 2.51. The van der Waals surface area contributed by atoms with Crippen LogP contribution in [0.25, 0.3) is 0 Å². The van der Waals surface area contributed by atoms with Gasteiger partial charge in [0.05, 0.1) is 12.5 Å². The van der Waals surface area contributed by atoms with Crippen molar-refractivity contribution in [3.05, 3.63) is 0 Å². The number of rotatable bonds is 15. The van der Waals surface area contributed by atoms with Crippen molar-refractivity contribution in [3.8, 4) is 0 Å². The summed E-state index contributed by atoms with van der Waals surface area (Å²) in [5.41, 5.74) is 5.57. The molecule has 0 aromatic carbocycles. The molecular formula is C18H30N4O10. The molecule has 182 valence electrons. The second-order valence-electron chi connectivity index (χ2n) is 7.34. The Balaban J connectivity index is 5.36. The minimum Gasteiger partial charge on any atom is -0.481 e. The first kappa shape index (κ1) is 28.7. The lowest BCUT2D eigenvalue weighted by atomic mass is 10.0. The molecule has 0 fully saturated rings. The van der Waals surface area contributed by atoms with Crippen LogP contribution >= 0.6 is 0 Å². The van der Waals surface area contributed by atoms with E-state index in [1.54, 1.807) is 0 Å². The summed E-state index contributed by atoms with van der Waals surface area (Å²) in [6, 6.07) is -5.68. The maximum Gasteiger partial charge on any atom is 0.326 e. The number of aliphatic hydroxyl groups is 1. The summed E-state index contributed by atoms with van der Waals surface area (Å²) >= 11 is 0. The molecule has 0 aliphatic carbocycles. The van der Waals surface area contributed by atoms with Crippen LogP contribution in [0.2, 0.25) is 0 Å². The van der Waals surface area contributed by atoms with Gasteiger partial charge in [-0.15, -0.1) is 0 Å². The summed E-state index contributed by atoms with van der Waals surface area (Å²) in [5, 5.41) is 42.5. The first-order valence-electron chi connectivity index (χ1n) is 9.74. The minimum absolute atomic E-state index is 0.218. The molecule has 0 saturated carbocycles. The maximum absolute atomic E-state index is 12.5. The fraction of sp³-hybridized carbons (Fsp3) is 0.667. The van der Waals surface area contributed by atoms with Crippen molar-refractivity contribution in [2.75, 3.05) is 6.61 Å². The summed E-state index contributed by atoms with van der Waals surface area (Å²) in [6.07, 6.45) is -1.80. The number of nitrogens with two attached hydrogens (primary N) is 1. The number of nitrogens with one attached hydrogen (secondary N) is 3. The fourth-order valence-corrected chi connectivity index (χ4v) is 2.51. The standard InChI is InChI=1S/C18H30N4O10/c1-8(2)14(18(31)32)22-17(30)11(7-13(26)27)21-16(29)10(5-6-23)20-15(28)9(19)3-4-12(24)25/h8-11,14,23H,3-7,19H2,1-2H3,(H,20,28)(H,21,29)(H,22,30)(H,24,25)(H,26,27)(H,31,32)/t9-,10-,11-,14-/m0/s1. The molecule has 0 unspecified atom stereocenters. The van der Waals surface area contributed by atoms with Gasteiger partial charge in [-0.2, -0.15) is 0 Å². The van der Waals surface area contributed by atoms with Gasteiger partial charge >= 0.3 is 17.9 Å². The van der Waals surface area contributed by atoms with Crippen molar-refractivity contribution in [3.63, 3.8) is 0 Å². The lowest BCUT2D eigenvalue weighted by Gasteiger charge is -2.25. The molecule has 9 N–H and O–H groups in total. The average Bonchev–Trinajstić information content (AvgIpc) is 2.67. The van der Waals surface area contributed by atoms with Crippen molar-refractivity contribution in [1.82, 2.24) is 16.0 Å². The number of carboxylic acids is 3. The van der Waals surface area contributed by atoms with Gasteiger partial charge in [-0.3, -0.25) is 24.0 Å². The predicted molar refractivity (Wildman–Crippen MR) is 107 cm³/mol. The van der Waals surface area contributed by atoms with Crippen molar-refractivity contribution >= 4 is 35.6 Å². The van der Waals surface area contributed by atoms with E-state index in [0.29, 0.717) is 0 Å². The molecule has 0 aromatic rings. The van der Waals surface area contributed by atoms with Crippen LogP contribution in [-0.2, 0) is 28.8 Å². The summed E-state index contributed by atoms with van der Waals surface area (Å²) in [5.74, 6) is -7.49. The molecule has 0 aliphatic rings. The van der Waals surface area contributed by atoms with Crippen molar-refractivity contribution in [1.29, 1.82) is 0 Å². The van der Waals surface area contributed by atoms with Gasteiger partial charge in [0.2, 0.25) is 17.7 Å². The van der Waals surface area contributed by atoms with Crippen LogP contribution in [0, 0.1) is 5.92 Å². The van der Waals surface area contributed by atoms with E-state index in [1.807, 2.05) is 0 Å². The summed E-state index contributed by atoms with van der Waals surface area (Å²) in [6.45, 7) is 2.47. The molecule has 0 radical (unpaired) electrons. The van der Waals surface area contributed by atoms with Gasteiger partial charge in [-0.05, 0) is 18.8 Å². The first-order valence-corrected chi connectivity index (χ1v) is 9.74. The third-order valence-corrected chi connectivity index (χ3v) is 4.30. The van der Waals surface area contributed by atoms with Crippen LogP contribution in [-0.4, -0.2) is 86.8 Å². The van der Waals surface area contributed by atoms with Crippen molar-refractivity contribution in [2.45, 2.75) is 63.7 Å². The highest BCUT2D eigenvalue weighted by molar-refractivity contribution is 5.95. The second kappa shape index (κ2) is 13.9. The van der Waals surface area contributed by atoms with Crippen LogP contribution in [0.1, 0.15) is 39.5 Å². The molecule has 3 amide bonds. The van der Waals surface area contributed by atoms with E-state index in [9.17, 15) is 33.9 Å². The van der Waals surface area contributed by atoms with E-state index in [2.05, 4.69) is 16.0 Å². The largest absolute Gasteiger partial charge is 0.481 e. The Bertz CT molecular complexity index is 712. The Kier molecular flexibility index (Phi) is 12.5. The van der Waals surface area contributed by atoms with Crippen molar-refractivity contribution in [2.24, 2.45) is 11.7 Å². The van der Waals surface area contributed by atoms with Crippen LogP contribution in [0.3, 0.4) is 0 Å². The normalized spacial score (nSPS) is 14.5. The molecule has 0 rings (SSSR count). The number of amides is 3. The van der Waals surface area contributed by atoms with Gasteiger partial charge in [0, 0.05) is 13.0 Å². The smallest absolute Gasteiger partial charge is 0.326 e. The molecule has 0 heterocycles. The van der Waals surface area contributed by atoms with Crippen LogP contribution in [0.5, 0.6) is 0 Å². The molecule has 32 heavy (non-hydrogen) atoms. The summed E-state index contributed by atoms with van der Waals surface area (Å²) in [7, 11) is 0. The monoisotopic (exact) mass is 462 g/mol. The van der Waals surface area contributed by atoms with Crippen molar-refractivity contribution < 1.29 is 49.2 Å². The highest BCUT2D eigenvalue weighted by Crippen LogP contribution is 2.05. The zero-order valence-corrected chi connectivity index (χ0v) is 17.7. The number of carbonyl (C=O) groups is 6. The van der Waals surface area contributed by atoms with E-state index < -0.39 is 85.2 Å². The number of carbonyl (C=O) groups excluding carboxylic acids is 3. The van der Waals surface area contributed by atoms with E-state index in [-0.39, 0.29) is 12.8 Å². The molecule has 14 heteroatoms. The first-order chi connectivity index (χ1) is 14.8. The molecule has 14 nitrogen and oxygen atoms in total. The minimum atomic E-state index is -1.67. The Labute approximate surface area is 183 Å². The molecule has 0 spiro atoms.